The molecule has 1 N–H and O–H groups in total. The summed E-state index contributed by atoms with van der Waals surface area (Å²) < 4.78 is 0. The summed E-state index contributed by atoms with van der Waals surface area (Å²) >= 11 is 0. The maximum Gasteiger partial charge on any atom is 0.239 e. The highest BCUT2D eigenvalue weighted by Gasteiger charge is 2.32. The fourth-order valence-corrected chi connectivity index (χ4v) is 4.73. The van der Waals surface area contributed by atoms with E-state index in [-0.39, 0.29) is 17.9 Å². The molecule has 2 amide bonds. The van der Waals surface area contributed by atoms with Crippen LogP contribution in [0.15, 0.2) is 24.3 Å². The Hall–Kier alpha value is -1.92. The molecule has 6 heteroatoms. The van der Waals surface area contributed by atoms with Crippen LogP contribution in [0.4, 0.5) is 5.69 Å². The van der Waals surface area contributed by atoms with Gasteiger partial charge in [-0.3, -0.25) is 19.4 Å². The van der Waals surface area contributed by atoms with Crippen molar-refractivity contribution in [3.8, 4) is 0 Å². The molecule has 0 spiro atoms. The monoisotopic (exact) mass is 414 g/mol. The van der Waals surface area contributed by atoms with Crippen LogP contribution in [0.2, 0.25) is 0 Å². The normalized spacial score (nSPS) is 20.0. The van der Waals surface area contributed by atoms with E-state index in [4.69, 9.17) is 0 Å². The molecule has 30 heavy (non-hydrogen) atoms. The summed E-state index contributed by atoms with van der Waals surface area (Å²) in [5.41, 5.74) is 2.02. The molecule has 1 aromatic carbocycles. The molecular formula is C24H38N4O2. The third-order valence-electron chi connectivity index (χ3n) is 6.65. The summed E-state index contributed by atoms with van der Waals surface area (Å²) in [6, 6.07) is 8.20. The molecule has 1 aliphatic heterocycles. The molecule has 1 atom stereocenters. The zero-order chi connectivity index (χ0) is 21.5. The Morgan fingerprint density at radius 3 is 2.30 bits per heavy atom. The Morgan fingerprint density at radius 2 is 1.70 bits per heavy atom. The van der Waals surface area contributed by atoms with Crippen molar-refractivity contribution in [2.24, 2.45) is 0 Å². The van der Waals surface area contributed by atoms with Crippen molar-refractivity contribution in [2.45, 2.75) is 65.0 Å². The minimum Gasteiger partial charge on any atom is -0.339 e. The van der Waals surface area contributed by atoms with Gasteiger partial charge in [0, 0.05) is 44.5 Å². The average molecular weight is 415 g/mol. The van der Waals surface area contributed by atoms with Crippen LogP contribution in [0.25, 0.3) is 0 Å². The van der Waals surface area contributed by atoms with E-state index in [1.807, 2.05) is 38.1 Å². The summed E-state index contributed by atoms with van der Waals surface area (Å²) in [6.07, 6.45) is 6.09. The first-order chi connectivity index (χ1) is 14.5. The highest BCUT2D eigenvalue weighted by molar-refractivity contribution is 5.92. The van der Waals surface area contributed by atoms with Gasteiger partial charge in [-0.1, -0.05) is 37.0 Å². The van der Waals surface area contributed by atoms with Gasteiger partial charge in [0.15, 0.2) is 0 Å². The molecule has 2 fully saturated rings. The van der Waals surface area contributed by atoms with Gasteiger partial charge in [0.25, 0.3) is 0 Å². The maximum atomic E-state index is 13.2. The molecule has 3 rings (SSSR count). The highest BCUT2D eigenvalue weighted by atomic mass is 16.2. The highest BCUT2D eigenvalue weighted by Crippen LogP contribution is 2.24. The summed E-state index contributed by atoms with van der Waals surface area (Å²) in [5.74, 6) is 0.292. The van der Waals surface area contributed by atoms with E-state index in [9.17, 15) is 9.59 Å². The van der Waals surface area contributed by atoms with Gasteiger partial charge in [0.05, 0.1) is 12.6 Å². The van der Waals surface area contributed by atoms with E-state index < -0.39 is 0 Å². The summed E-state index contributed by atoms with van der Waals surface area (Å²) in [4.78, 5) is 32.1. The third-order valence-corrected chi connectivity index (χ3v) is 6.65. The van der Waals surface area contributed by atoms with Crippen molar-refractivity contribution in [1.29, 1.82) is 0 Å². The topological polar surface area (TPSA) is 55.9 Å². The van der Waals surface area contributed by atoms with Crippen LogP contribution in [0.5, 0.6) is 0 Å². The Morgan fingerprint density at radius 1 is 1.07 bits per heavy atom. The minimum atomic E-state index is -0.0876. The zero-order valence-corrected chi connectivity index (χ0v) is 18.9. The van der Waals surface area contributed by atoms with Gasteiger partial charge in [0.2, 0.25) is 11.8 Å². The lowest BCUT2D eigenvalue weighted by atomic mass is 9.93. The molecule has 166 valence electrons. The molecule has 1 aliphatic carbocycles. The molecule has 0 aromatic heterocycles. The number of nitrogens with one attached hydrogen (secondary N) is 1. The second kappa shape index (κ2) is 10.9. The number of anilines is 1. The van der Waals surface area contributed by atoms with Crippen molar-refractivity contribution in [2.75, 3.05) is 44.6 Å². The number of carbonyl (C=O) groups excluding carboxylic acids is 2. The van der Waals surface area contributed by atoms with Gasteiger partial charge in [-0.2, -0.15) is 0 Å². The second-order valence-corrected chi connectivity index (χ2v) is 8.82. The summed E-state index contributed by atoms with van der Waals surface area (Å²) in [7, 11) is 0. The van der Waals surface area contributed by atoms with E-state index in [1.165, 1.54) is 24.8 Å². The quantitative estimate of drug-likeness (QED) is 0.745. The first-order valence-corrected chi connectivity index (χ1v) is 11.6. The number of aryl methyl sites for hydroxylation is 1. The van der Waals surface area contributed by atoms with Crippen LogP contribution in [0.1, 0.15) is 51.5 Å². The predicted octanol–water partition coefficient (Wildman–Crippen LogP) is 3.12. The molecule has 1 unspecified atom stereocenters. The van der Waals surface area contributed by atoms with E-state index in [0.29, 0.717) is 12.6 Å². The predicted molar refractivity (Wildman–Crippen MR) is 122 cm³/mol. The molecule has 1 saturated carbocycles. The van der Waals surface area contributed by atoms with Gasteiger partial charge in [0.1, 0.15) is 0 Å². The Bertz CT molecular complexity index is 692. The number of piperazine rings is 1. The van der Waals surface area contributed by atoms with Crippen LogP contribution in [0, 0.1) is 6.92 Å². The van der Waals surface area contributed by atoms with Crippen molar-refractivity contribution in [1.82, 2.24) is 14.7 Å². The van der Waals surface area contributed by atoms with Crippen LogP contribution in [-0.4, -0.2) is 77.9 Å². The van der Waals surface area contributed by atoms with Gasteiger partial charge >= 0.3 is 0 Å². The van der Waals surface area contributed by atoms with Gasteiger partial charge < -0.3 is 10.2 Å². The van der Waals surface area contributed by atoms with Crippen molar-refractivity contribution in [3.05, 3.63) is 29.8 Å². The van der Waals surface area contributed by atoms with Crippen molar-refractivity contribution >= 4 is 17.5 Å². The van der Waals surface area contributed by atoms with Gasteiger partial charge in [-0.25, -0.2) is 0 Å². The molecule has 1 aromatic rings. The standard InChI is InChI=1S/C24H38N4O2/c1-4-28(22-8-6-5-7-9-22)24(30)20(3)27-16-14-26(15-17-27)18-23(29)25-21-12-10-19(2)11-13-21/h10-13,20,22H,4-9,14-18H2,1-3H3,(H,25,29). The molecule has 1 saturated heterocycles. The molecule has 0 radical (unpaired) electrons. The lowest BCUT2D eigenvalue weighted by Crippen LogP contribution is -2.56. The number of benzene rings is 1. The fraction of sp³-hybridized carbons (Fsp3) is 0.667. The third kappa shape index (κ3) is 6.05. The largest absolute Gasteiger partial charge is 0.339 e. The van der Waals surface area contributed by atoms with Crippen molar-refractivity contribution < 1.29 is 9.59 Å². The Labute approximate surface area is 181 Å². The molecular weight excluding hydrogens is 376 g/mol. The SMILES string of the molecule is CCN(C(=O)C(C)N1CCN(CC(=O)Nc2ccc(C)cc2)CC1)C1CCCCC1. The van der Waals surface area contributed by atoms with E-state index in [2.05, 4.69) is 26.9 Å². The Kier molecular flexibility index (Phi) is 8.28. The van der Waals surface area contributed by atoms with Crippen LogP contribution < -0.4 is 5.32 Å². The number of amides is 2. The van der Waals surface area contributed by atoms with Gasteiger partial charge in [-0.05, 0) is 45.7 Å². The average Bonchev–Trinajstić information content (AvgIpc) is 2.76. The minimum absolute atomic E-state index is 0.0193. The number of hydrogen-bond donors (Lipinski definition) is 1. The first kappa shape index (κ1) is 22.8. The second-order valence-electron chi connectivity index (χ2n) is 8.82. The van der Waals surface area contributed by atoms with Crippen LogP contribution in [-0.2, 0) is 9.59 Å². The summed E-state index contributed by atoms with van der Waals surface area (Å²) in [5, 5.41) is 2.97. The number of carbonyl (C=O) groups is 2. The van der Waals surface area contributed by atoms with Gasteiger partial charge in [-0.15, -0.1) is 0 Å². The first-order valence-electron chi connectivity index (χ1n) is 11.6. The van der Waals surface area contributed by atoms with Crippen LogP contribution in [0.3, 0.4) is 0 Å². The molecule has 1 heterocycles. The summed E-state index contributed by atoms with van der Waals surface area (Å²) in [6.45, 7) is 10.7. The molecule has 0 bridgehead atoms. The van der Waals surface area contributed by atoms with E-state index >= 15 is 0 Å². The lowest BCUT2D eigenvalue weighted by Gasteiger charge is -2.41. The molecule has 6 nitrogen and oxygen atoms in total. The lowest BCUT2D eigenvalue weighted by molar-refractivity contribution is -0.140. The van der Waals surface area contributed by atoms with Crippen molar-refractivity contribution in [3.63, 3.8) is 0 Å². The van der Waals surface area contributed by atoms with E-state index in [1.54, 1.807) is 0 Å². The number of likely N-dealkylation sites (N-methyl/N-ethyl adjacent to an activating group) is 1. The molecule has 2 aliphatic rings. The van der Waals surface area contributed by atoms with Crippen LogP contribution >= 0.6 is 0 Å². The van der Waals surface area contributed by atoms with E-state index in [0.717, 1.165) is 51.3 Å². The smallest absolute Gasteiger partial charge is 0.239 e. The number of rotatable bonds is 7. The fourth-order valence-electron chi connectivity index (χ4n) is 4.73. The Balaban J connectivity index is 1.45. The number of hydrogen-bond acceptors (Lipinski definition) is 4. The maximum absolute atomic E-state index is 13.2. The zero-order valence-electron chi connectivity index (χ0n) is 18.9. The number of nitrogens with zero attached hydrogens (tertiary/aromatic N) is 3.